The SMILES string of the molecule is CCOC(=O)c1nn(-c2cccc(-c3nc(N)n[nH]3)c2)c2c(=O)n(C(=O)Nc3ccc(-c4ccccc4CN4CCC(O)C4)cc3)c(=O)[nH]c12. The Morgan fingerprint density at radius 3 is 2.58 bits per heavy atom. The van der Waals surface area contributed by atoms with Crippen LogP contribution in [0.2, 0.25) is 0 Å². The number of rotatable bonds is 8. The van der Waals surface area contributed by atoms with Gasteiger partial charge in [-0.25, -0.2) is 19.1 Å². The Bertz CT molecular complexity index is 2360. The number of nitrogens with one attached hydrogen (secondary N) is 3. The summed E-state index contributed by atoms with van der Waals surface area (Å²) in [4.78, 5) is 62.4. The number of nitrogens with two attached hydrogens (primary N) is 1. The van der Waals surface area contributed by atoms with Gasteiger partial charge in [0, 0.05) is 30.9 Å². The zero-order valence-corrected chi connectivity index (χ0v) is 26.8. The standard InChI is InChI=1S/C34H32N10O6/c1-2-50-31(47)27-26-28(44(41-27)23-8-5-7-20(16-23)29-38-32(35)40-39-29)30(46)43(34(49)37-26)33(48)36-22-12-10-19(11-13-22)25-9-4-3-6-21(25)17-42-15-14-24(45)18-42/h3-13,16,24,45H,2,14-15,17-18H2,1H3,(H,36,48)(H,37,49)(H3,35,38,39,40). The fourth-order valence-corrected chi connectivity index (χ4v) is 6.05. The number of nitrogens with zero attached hydrogens (tertiary/aromatic N) is 6. The Hall–Kier alpha value is -6.39. The molecule has 6 aromatic rings. The second kappa shape index (κ2) is 13.3. The summed E-state index contributed by atoms with van der Waals surface area (Å²) in [6.07, 6.45) is 0.430. The third-order valence-corrected chi connectivity index (χ3v) is 8.37. The van der Waals surface area contributed by atoms with Crippen LogP contribution in [0, 0.1) is 0 Å². The quantitative estimate of drug-likeness (QED) is 0.148. The molecule has 1 atom stereocenters. The van der Waals surface area contributed by atoms with Gasteiger partial charge in [0.15, 0.2) is 17.0 Å². The van der Waals surface area contributed by atoms with E-state index in [4.69, 9.17) is 10.5 Å². The van der Waals surface area contributed by atoms with Gasteiger partial charge in [-0.3, -0.25) is 14.8 Å². The van der Waals surface area contributed by atoms with Gasteiger partial charge in [-0.05, 0) is 54.3 Å². The molecule has 254 valence electrons. The van der Waals surface area contributed by atoms with Crippen LogP contribution in [-0.4, -0.2) is 82.3 Å². The van der Waals surface area contributed by atoms with Crippen LogP contribution in [0.5, 0.6) is 0 Å². The summed E-state index contributed by atoms with van der Waals surface area (Å²) in [6.45, 7) is 3.76. The highest BCUT2D eigenvalue weighted by atomic mass is 16.5. The van der Waals surface area contributed by atoms with Crippen molar-refractivity contribution in [2.45, 2.75) is 26.0 Å². The fraction of sp³-hybridized carbons (Fsp3) is 0.206. The molecular formula is C34H32N10O6. The van der Waals surface area contributed by atoms with Crippen LogP contribution in [0.1, 0.15) is 29.4 Å². The molecule has 1 unspecified atom stereocenters. The number of aromatic amines is 2. The minimum absolute atomic E-state index is 0.0201. The van der Waals surface area contributed by atoms with Gasteiger partial charge in [-0.15, -0.1) is 5.10 Å². The highest BCUT2D eigenvalue weighted by molar-refractivity contribution is 6.01. The number of H-pyrrole nitrogens is 2. The highest BCUT2D eigenvalue weighted by Gasteiger charge is 2.27. The summed E-state index contributed by atoms with van der Waals surface area (Å²) >= 11 is 0. The molecule has 7 rings (SSSR count). The number of benzene rings is 3. The van der Waals surface area contributed by atoms with E-state index in [1.54, 1.807) is 43.3 Å². The molecule has 16 heteroatoms. The number of esters is 1. The Morgan fingerprint density at radius 1 is 1.06 bits per heavy atom. The molecule has 3 aromatic carbocycles. The molecule has 1 saturated heterocycles. The molecule has 0 spiro atoms. The molecule has 6 N–H and O–H groups in total. The number of nitrogen functional groups attached to an aromatic ring is 1. The van der Waals surface area contributed by atoms with Crippen LogP contribution in [0.3, 0.4) is 0 Å². The predicted molar refractivity (Wildman–Crippen MR) is 184 cm³/mol. The number of anilines is 2. The molecule has 16 nitrogen and oxygen atoms in total. The van der Waals surface area contributed by atoms with Gasteiger partial charge in [-0.1, -0.05) is 48.5 Å². The van der Waals surface area contributed by atoms with Crippen LogP contribution in [0.15, 0.2) is 82.4 Å². The molecule has 50 heavy (non-hydrogen) atoms. The maximum atomic E-state index is 14.0. The van der Waals surface area contributed by atoms with Crippen molar-refractivity contribution in [1.29, 1.82) is 0 Å². The number of carbonyl (C=O) groups excluding carboxylic acids is 2. The van der Waals surface area contributed by atoms with Crippen molar-refractivity contribution in [1.82, 2.24) is 39.4 Å². The number of aromatic nitrogens is 7. The molecule has 0 saturated carbocycles. The number of aliphatic hydroxyl groups excluding tert-OH is 1. The number of β-amino-alcohol motifs (C(OH)–C–C–N with tert-alkyl or cyclic N) is 1. The van der Waals surface area contributed by atoms with Gasteiger partial charge < -0.3 is 25.9 Å². The lowest BCUT2D eigenvalue weighted by Crippen LogP contribution is -2.42. The average Bonchev–Trinajstić information content (AvgIpc) is 3.84. The van der Waals surface area contributed by atoms with Crippen molar-refractivity contribution in [3.63, 3.8) is 0 Å². The van der Waals surface area contributed by atoms with Crippen molar-refractivity contribution in [3.05, 3.63) is 105 Å². The Kier molecular flexibility index (Phi) is 8.53. The minimum Gasteiger partial charge on any atom is -0.461 e. The summed E-state index contributed by atoms with van der Waals surface area (Å²) in [6, 6.07) is 20.6. The summed E-state index contributed by atoms with van der Waals surface area (Å²) in [7, 11) is 0. The molecular weight excluding hydrogens is 644 g/mol. The highest BCUT2D eigenvalue weighted by Crippen LogP contribution is 2.28. The fourth-order valence-electron chi connectivity index (χ4n) is 6.05. The lowest BCUT2D eigenvalue weighted by atomic mass is 9.99. The molecule has 0 aliphatic carbocycles. The maximum Gasteiger partial charge on any atom is 0.361 e. The van der Waals surface area contributed by atoms with Gasteiger partial charge in [-0.2, -0.15) is 14.6 Å². The zero-order valence-electron chi connectivity index (χ0n) is 26.8. The van der Waals surface area contributed by atoms with E-state index in [9.17, 15) is 24.3 Å². The van der Waals surface area contributed by atoms with E-state index in [1.807, 2.05) is 36.4 Å². The first kappa shape index (κ1) is 32.2. The first-order valence-corrected chi connectivity index (χ1v) is 15.8. The Morgan fingerprint density at radius 2 is 1.86 bits per heavy atom. The summed E-state index contributed by atoms with van der Waals surface area (Å²) in [5.41, 5.74) is 7.02. The van der Waals surface area contributed by atoms with E-state index >= 15 is 0 Å². The van der Waals surface area contributed by atoms with Crippen molar-refractivity contribution in [2.75, 3.05) is 30.7 Å². The third kappa shape index (κ3) is 6.15. The average molecular weight is 677 g/mol. The number of carbonyl (C=O) groups is 2. The van der Waals surface area contributed by atoms with Gasteiger partial charge >= 0.3 is 17.7 Å². The lowest BCUT2D eigenvalue weighted by Gasteiger charge is -2.18. The van der Waals surface area contributed by atoms with Gasteiger partial charge in [0.2, 0.25) is 5.95 Å². The summed E-state index contributed by atoms with van der Waals surface area (Å²) in [5.74, 6) is -0.491. The van der Waals surface area contributed by atoms with Crippen LogP contribution < -0.4 is 22.3 Å². The molecule has 0 radical (unpaired) electrons. The summed E-state index contributed by atoms with van der Waals surface area (Å²) < 4.78 is 6.69. The first-order valence-electron chi connectivity index (χ1n) is 15.8. The van der Waals surface area contributed by atoms with Crippen molar-refractivity contribution < 1.29 is 19.4 Å². The number of fused-ring (bicyclic) bond motifs is 1. The third-order valence-electron chi connectivity index (χ3n) is 8.37. The molecule has 1 fully saturated rings. The molecule has 1 amide bonds. The van der Waals surface area contributed by atoms with Gasteiger partial charge in [0.05, 0.1) is 18.4 Å². The number of aliphatic hydroxyl groups is 1. The number of likely N-dealkylation sites (tertiary alicyclic amines) is 1. The number of hydrogen-bond donors (Lipinski definition) is 5. The van der Waals surface area contributed by atoms with E-state index in [0.717, 1.165) is 34.3 Å². The monoisotopic (exact) mass is 676 g/mol. The van der Waals surface area contributed by atoms with E-state index < -0.39 is 23.2 Å². The molecule has 3 aromatic heterocycles. The second-order valence-electron chi connectivity index (χ2n) is 11.7. The van der Waals surface area contributed by atoms with Gasteiger partial charge in [0.25, 0.3) is 5.56 Å². The van der Waals surface area contributed by atoms with E-state index in [-0.39, 0.29) is 35.4 Å². The lowest BCUT2D eigenvalue weighted by molar-refractivity contribution is 0.0521. The molecule has 0 bridgehead atoms. The number of hydrogen-bond acceptors (Lipinski definition) is 11. The Labute approximate surface area is 283 Å². The van der Waals surface area contributed by atoms with Crippen molar-refractivity contribution >= 4 is 34.7 Å². The van der Waals surface area contributed by atoms with Crippen molar-refractivity contribution in [3.8, 4) is 28.2 Å². The largest absolute Gasteiger partial charge is 0.461 e. The summed E-state index contributed by atoms with van der Waals surface area (Å²) in [5, 5.41) is 23.4. The van der Waals surface area contributed by atoms with Crippen LogP contribution >= 0.6 is 0 Å². The van der Waals surface area contributed by atoms with E-state index in [0.29, 0.717) is 40.4 Å². The normalized spacial score (nSPS) is 14.6. The van der Waals surface area contributed by atoms with Crippen molar-refractivity contribution in [2.24, 2.45) is 0 Å². The number of amides is 1. The topological polar surface area (TPSA) is 219 Å². The van der Waals surface area contributed by atoms with Crippen LogP contribution in [0.25, 0.3) is 39.2 Å². The molecule has 4 heterocycles. The second-order valence-corrected chi connectivity index (χ2v) is 11.7. The predicted octanol–water partition coefficient (Wildman–Crippen LogP) is 2.73. The number of ether oxygens (including phenoxy) is 1. The first-order chi connectivity index (χ1) is 24.2. The molecule has 1 aliphatic rings. The zero-order chi connectivity index (χ0) is 34.9. The van der Waals surface area contributed by atoms with E-state index in [2.05, 4.69) is 35.5 Å². The van der Waals surface area contributed by atoms with E-state index in [1.165, 1.54) is 0 Å². The van der Waals surface area contributed by atoms with Crippen LogP contribution in [-0.2, 0) is 11.3 Å². The van der Waals surface area contributed by atoms with Gasteiger partial charge in [0.1, 0.15) is 5.52 Å². The molecule has 1 aliphatic heterocycles. The maximum absolute atomic E-state index is 14.0. The van der Waals surface area contributed by atoms with Crippen LogP contribution in [0.4, 0.5) is 16.4 Å². The minimum atomic E-state index is -1.08. The smallest absolute Gasteiger partial charge is 0.361 e. The Balaban J connectivity index is 1.22.